The summed E-state index contributed by atoms with van der Waals surface area (Å²) in [7, 11) is -9.89. The molecule has 0 fully saturated rings. The van der Waals surface area contributed by atoms with E-state index in [0.29, 0.717) is 25.7 Å². The summed E-state index contributed by atoms with van der Waals surface area (Å²) in [5.74, 6) is -2.12. The van der Waals surface area contributed by atoms with Gasteiger partial charge >= 0.3 is 39.5 Å². The van der Waals surface area contributed by atoms with Crippen LogP contribution in [-0.4, -0.2) is 96.7 Å². The fraction of sp³-hybridized carbons (Fsp3) is 0.944. The molecule has 0 saturated carbocycles. The van der Waals surface area contributed by atoms with Gasteiger partial charge in [0.1, 0.15) is 19.3 Å². The van der Waals surface area contributed by atoms with E-state index in [9.17, 15) is 43.2 Å². The molecule has 0 aliphatic heterocycles. The zero-order valence-electron chi connectivity index (χ0n) is 58.1. The summed E-state index contributed by atoms with van der Waals surface area (Å²) in [6.07, 6.45) is 54.1. The van der Waals surface area contributed by atoms with Crippen molar-refractivity contribution in [1.29, 1.82) is 0 Å². The number of carbonyl (C=O) groups is 4. The number of phosphoric acid groups is 2. The second kappa shape index (κ2) is 65.7. The number of ether oxygens (including phenoxy) is 4. The van der Waals surface area contributed by atoms with Gasteiger partial charge in [-0.1, -0.05) is 323 Å². The van der Waals surface area contributed by atoms with Crippen molar-refractivity contribution in [2.75, 3.05) is 39.6 Å². The van der Waals surface area contributed by atoms with E-state index in [2.05, 4.69) is 27.7 Å². The number of rotatable bonds is 72. The number of hydrogen-bond donors (Lipinski definition) is 3. The minimum Gasteiger partial charge on any atom is -0.462 e. The lowest BCUT2D eigenvalue weighted by molar-refractivity contribution is -0.161. The summed E-state index contributed by atoms with van der Waals surface area (Å²) < 4.78 is 68.2. The smallest absolute Gasteiger partial charge is 0.462 e. The molecule has 19 heteroatoms. The summed E-state index contributed by atoms with van der Waals surface area (Å²) in [6.45, 7) is 4.92. The maximum atomic E-state index is 13.0. The van der Waals surface area contributed by atoms with Crippen LogP contribution in [0.25, 0.3) is 0 Å². The molecule has 0 bridgehead atoms. The Hall–Kier alpha value is -1.94. The van der Waals surface area contributed by atoms with Crippen molar-refractivity contribution < 1.29 is 80.2 Å². The standard InChI is InChI=1S/C71H138O17P2/c1-5-9-13-17-21-25-27-29-31-32-33-34-36-38-42-46-50-54-58-71(76)88-67(62-82-69(74)56-52-48-44-41-37-35-30-28-26-22-18-14-10-6-2)64-86-90(79,80)84-60-65(72)59-83-89(77,78)85-63-66(87-70(75)57-53-49-45-40-24-20-16-12-8-4)61-81-68(73)55-51-47-43-39-23-19-15-11-7-3/h65-67,72H,5-64H2,1-4H3,(H,77,78)(H,79,80)/t65-,66+,67+/m0/s1. The summed E-state index contributed by atoms with van der Waals surface area (Å²) in [6, 6.07) is 0. The fourth-order valence-electron chi connectivity index (χ4n) is 10.9. The molecule has 0 aliphatic carbocycles. The molecule has 0 heterocycles. The van der Waals surface area contributed by atoms with Crippen LogP contribution in [0.5, 0.6) is 0 Å². The van der Waals surface area contributed by atoms with E-state index in [-0.39, 0.29) is 25.7 Å². The van der Waals surface area contributed by atoms with E-state index in [1.165, 1.54) is 205 Å². The molecule has 90 heavy (non-hydrogen) atoms. The van der Waals surface area contributed by atoms with Crippen molar-refractivity contribution in [1.82, 2.24) is 0 Å². The molecule has 0 radical (unpaired) electrons. The van der Waals surface area contributed by atoms with Gasteiger partial charge in [0.15, 0.2) is 12.2 Å². The quantitative estimate of drug-likeness (QED) is 0.0222. The predicted molar refractivity (Wildman–Crippen MR) is 363 cm³/mol. The van der Waals surface area contributed by atoms with Gasteiger partial charge in [-0.2, -0.15) is 0 Å². The van der Waals surface area contributed by atoms with Crippen molar-refractivity contribution in [2.45, 2.75) is 393 Å². The van der Waals surface area contributed by atoms with E-state index in [1.54, 1.807) is 0 Å². The van der Waals surface area contributed by atoms with Crippen molar-refractivity contribution in [3.05, 3.63) is 0 Å². The fourth-order valence-corrected chi connectivity index (χ4v) is 12.4. The Labute approximate surface area is 549 Å². The third-order valence-electron chi connectivity index (χ3n) is 16.6. The van der Waals surface area contributed by atoms with Gasteiger partial charge in [0.05, 0.1) is 26.4 Å². The van der Waals surface area contributed by atoms with E-state index >= 15 is 0 Å². The van der Waals surface area contributed by atoms with Gasteiger partial charge in [-0.25, -0.2) is 9.13 Å². The molecule has 534 valence electrons. The number of esters is 4. The average Bonchev–Trinajstić information content (AvgIpc) is 3.45. The number of aliphatic hydroxyl groups is 1. The lowest BCUT2D eigenvalue weighted by Crippen LogP contribution is -2.30. The van der Waals surface area contributed by atoms with Crippen LogP contribution in [0.2, 0.25) is 0 Å². The van der Waals surface area contributed by atoms with Gasteiger partial charge in [0, 0.05) is 25.7 Å². The molecule has 0 spiro atoms. The van der Waals surface area contributed by atoms with Crippen LogP contribution in [0.3, 0.4) is 0 Å². The maximum absolute atomic E-state index is 13.0. The topological polar surface area (TPSA) is 237 Å². The Kier molecular flexibility index (Phi) is 64.3. The van der Waals surface area contributed by atoms with Gasteiger partial charge in [0.2, 0.25) is 0 Å². The molecule has 5 atom stereocenters. The van der Waals surface area contributed by atoms with Crippen molar-refractivity contribution in [3.63, 3.8) is 0 Å². The molecule has 0 aliphatic rings. The zero-order valence-corrected chi connectivity index (χ0v) is 59.9. The Balaban J connectivity index is 5.19. The minimum absolute atomic E-state index is 0.106. The van der Waals surface area contributed by atoms with Gasteiger partial charge in [-0.15, -0.1) is 0 Å². The largest absolute Gasteiger partial charge is 0.472 e. The molecular formula is C71H138O17P2. The predicted octanol–water partition coefficient (Wildman–Crippen LogP) is 20.7. The Morgan fingerprint density at radius 3 is 0.656 bits per heavy atom. The molecular weight excluding hydrogens is 1190 g/mol. The highest BCUT2D eigenvalue weighted by molar-refractivity contribution is 7.47. The molecule has 0 saturated heterocycles. The lowest BCUT2D eigenvalue weighted by atomic mass is 10.0. The summed E-state index contributed by atoms with van der Waals surface area (Å²) >= 11 is 0. The van der Waals surface area contributed by atoms with Crippen LogP contribution in [0, 0.1) is 0 Å². The molecule has 17 nitrogen and oxygen atoms in total. The van der Waals surface area contributed by atoms with Gasteiger partial charge in [-0.05, 0) is 25.7 Å². The third kappa shape index (κ3) is 64.8. The highest BCUT2D eigenvalue weighted by Crippen LogP contribution is 2.45. The van der Waals surface area contributed by atoms with E-state index in [4.69, 9.17) is 37.0 Å². The molecule has 0 amide bonds. The summed E-state index contributed by atoms with van der Waals surface area (Å²) in [4.78, 5) is 72.5. The van der Waals surface area contributed by atoms with Gasteiger partial charge in [-0.3, -0.25) is 37.3 Å². The first-order chi connectivity index (χ1) is 43.7. The number of aliphatic hydroxyl groups excluding tert-OH is 1. The molecule has 2 unspecified atom stereocenters. The normalized spacial score (nSPS) is 14.0. The SMILES string of the molecule is CCCCCCCCCCCCCCCCCCCCC(=O)O[C@H](COC(=O)CCCCCCCCCCCCCCCC)COP(=O)(O)OC[C@@H](O)COP(=O)(O)OC[C@@H](COC(=O)CCCCCCCCCCC)OC(=O)CCCCCCCCCCC. The number of hydrogen-bond acceptors (Lipinski definition) is 15. The molecule has 0 rings (SSSR count). The number of carbonyl (C=O) groups excluding carboxylic acids is 4. The highest BCUT2D eigenvalue weighted by atomic mass is 31.2. The van der Waals surface area contributed by atoms with Gasteiger partial charge < -0.3 is 33.8 Å². The van der Waals surface area contributed by atoms with Crippen LogP contribution < -0.4 is 0 Å². The van der Waals surface area contributed by atoms with Crippen molar-refractivity contribution >= 4 is 39.5 Å². The molecule has 0 aromatic heterocycles. The zero-order chi connectivity index (χ0) is 66.1. The van der Waals surface area contributed by atoms with Crippen LogP contribution in [0.15, 0.2) is 0 Å². The first-order valence-electron chi connectivity index (χ1n) is 37.3. The van der Waals surface area contributed by atoms with E-state index in [1.807, 2.05) is 0 Å². The average molecular weight is 1330 g/mol. The highest BCUT2D eigenvalue weighted by Gasteiger charge is 2.30. The second-order valence-corrected chi connectivity index (χ2v) is 28.5. The van der Waals surface area contributed by atoms with Crippen LogP contribution >= 0.6 is 15.6 Å². The van der Waals surface area contributed by atoms with Crippen molar-refractivity contribution in [3.8, 4) is 0 Å². The number of phosphoric ester groups is 2. The van der Waals surface area contributed by atoms with Crippen LogP contribution in [-0.2, 0) is 65.4 Å². The maximum Gasteiger partial charge on any atom is 0.472 e. The summed E-state index contributed by atoms with van der Waals surface area (Å²) in [5.41, 5.74) is 0. The monoisotopic (exact) mass is 1320 g/mol. The van der Waals surface area contributed by atoms with E-state index < -0.39 is 97.5 Å². The van der Waals surface area contributed by atoms with E-state index in [0.717, 1.165) is 89.9 Å². The third-order valence-corrected chi connectivity index (χ3v) is 18.5. The minimum atomic E-state index is -4.95. The molecule has 0 aromatic rings. The van der Waals surface area contributed by atoms with Crippen LogP contribution in [0.1, 0.15) is 374 Å². The number of unbranched alkanes of at least 4 members (excludes halogenated alkanes) is 46. The molecule has 3 N–H and O–H groups in total. The first-order valence-corrected chi connectivity index (χ1v) is 40.3. The Bertz CT molecular complexity index is 1720. The Morgan fingerprint density at radius 2 is 0.444 bits per heavy atom. The lowest BCUT2D eigenvalue weighted by Gasteiger charge is -2.21. The summed E-state index contributed by atoms with van der Waals surface area (Å²) in [5, 5.41) is 10.6. The first kappa shape index (κ1) is 88.1. The second-order valence-electron chi connectivity index (χ2n) is 25.6. The van der Waals surface area contributed by atoms with Gasteiger partial charge in [0.25, 0.3) is 0 Å². The van der Waals surface area contributed by atoms with Crippen molar-refractivity contribution in [2.24, 2.45) is 0 Å². The molecule has 0 aromatic carbocycles. The van der Waals surface area contributed by atoms with Crippen LogP contribution in [0.4, 0.5) is 0 Å². The Morgan fingerprint density at radius 1 is 0.267 bits per heavy atom.